The number of aromatic amines is 1. The van der Waals surface area contributed by atoms with Gasteiger partial charge < -0.3 is 4.98 Å². The topological polar surface area (TPSA) is 96.5 Å². The van der Waals surface area contributed by atoms with Gasteiger partial charge in [0, 0.05) is 20.9 Å². The van der Waals surface area contributed by atoms with Gasteiger partial charge in [-0.1, -0.05) is 13.3 Å². The number of aromatic nitrogens is 4. The van der Waals surface area contributed by atoms with Crippen molar-refractivity contribution >= 4 is 11.2 Å². The number of imidazole rings is 1. The average Bonchev–Trinajstić information content (AvgIpc) is 2.84. The standard InChI is InChI=1S/C14H19N5O2.H2/c1-3-4-8-18-12-11(16-10(2)17-12)13(20)19(14(18)21)9-6-5-7-15;/h3-6,8-9H2,1-2H3,(H,16,17);1H. The second kappa shape index (κ2) is 6.39. The fourth-order valence-corrected chi connectivity index (χ4v) is 2.31. The number of aryl methyl sites for hydroxylation is 2. The zero-order valence-corrected chi connectivity index (χ0v) is 12.3. The second-order valence-electron chi connectivity index (χ2n) is 5.03. The van der Waals surface area contributed by atoms with E-state index in [4.69, 9.17) is 5.26 Å². The molecular weight excluding hydrogens is 270 g/mol. The summed E-state index contributed by atoms with van der Waals surface area (Å²) < 4.78 is 2.75. The van der Waals surface area contributed by atoms with Crippen LogP contribution in [0.3, 0.4) is 0 Å². The molecule has 114 valence electrons. The van der Waals surface area contributed by atoms with Crippen LogP contribution in [0.25, 0.3) is 11.2 Å². The first kappa shape index (κ1) is 15.0. The lowest BCUT2D eigenvalue weighted by Gasteiger charge is -2.10. The van der Waals surface area contributed by atoms with Gasteiger partial charge in [0.05, 0.1) is 6.07 Å². The molecule has 0 radical (unpaired) electrons. The van der Waals surface area contributed by atoms with Gasteiger partial charge in [0.25, 0.3) is 5.56 Å². The molecular formula is C14H21N5O2. The van der Waals surface area contributed by atoms with E-state index in [1.165, 1.54) is 4.57 Å². The SMILES string of the molecule is CCCCn1c(=O)n(CCCC#N)c(=O)c2[nH]c(C)nc21.[HH]. The molecule has 0 bridgehead atoms. The molecule has 0 saturated heterocycles. The van der Waals surface area contributed by atoms with E-state index in [0.717, 1.165) is 12.8 Å². The Morgan fingerprint density at radius 2 is 2.00 bits per heavy atom. The number of nitrogens with one attached hydrogen (secondary N) is 1. The van der Waals surface area contributed by atoms with Crippen LogP contribution in [0.2, 0.25) is 0 Å². The highest BCUT2D eigenvalue weighted by Gasteiger charge is 2.15. The molecule has 1 N–H and O–H groups in total. The molecule has 7 heteroatoms. The van der Waals surface area contributed by atoms with E-state index in [-0.39, 0.29) is 19.2 Å². The fourth-order valence-electron chi connectivity index (χ4n) is 2.31. The minimum atomic E-state index is -0.360. The van der Waals surface area contributed by atoms with Crippen molar-refractivity contribution in [3.05, 3.63) is 26.7 Å². The summed E-state index contributed by atoms with van der Waals surface area (Å²) in [6.45, 7) is 4.59. The van der Waals surface area contributed by atoms with Crippen molar-refractivity contribution in [1.82, 2.24) is 19.1 Å². The van der Waals surface area contributed by atoms with E-state index < -0.39 is 0 Å². The number of rotatable bonds is 6. The Bertz CT molecular complexity index is 796. The van der Waals surface area contributed by atoms with Crippen molar-refractivity contribution in [2.75, 3.05) is 0 Å². The minimum Gasteiger partial charge on any atom is -0.336 e. The number of fused-ring (bicyclic) bond motifs is 1. The van der Waals surface area contributed by atoms with E-state index in [1.54, 1.807) is 11.5 Å². The lowest BCUT2D eigenvalue weighted by Crippen LogP contribution is -2.40. The molecule has 0 amide bonds. The van der Waals surface area contributed by atoms with Crippen LogP contribution in [0, 0.1) is 18.3 Å². The van der Waals surface area contributed by atoms with E-state index in [1.807, 2.05) is 13.0 Å². The van der Waals surface area contributed by atoms with Gasteiger partial charge in [0.1, 0.15) is 11.3 Å². The molecule has 0 aromatic carbocycles. The third kappa shape index (κ3) is 2.89. The summed E-state index contributed by atoms with van der Waals surface area (Å²) in [6.07, 6.45) is 2.60. The average molecular weight is 291 g/mol. The van der Waals surface area contributed by atoms with Crippen molar-refractivity contribution in [3.8, 4) is 6.07 Å². The monoisotopic (exact) mass is 291 g/mol. The van der Waals surface area contributed by atoms with E-state index in [0.29, 0.717) is 36.4 Å². The third-order valence-corrected chi connectivity index (χ3v) is 3.39. The summed E-state index contributed by atoms with van der Waals surface area (Å²) in [5.74, 6) is 0.613. The molecule has 0 aliphatic rings. The maximum absolute atomic E-state index is 12.5. The molecule has 0 aliphatic carbocycles. The lowest BCUT2D eigenvalue weighted by molar-refractivity contribution is 0.536. The minimum absolute atomic E-state index is 0. The van der Waals surface area contributed by atoms with Crippen LogP contribution in [0.1, 0.15) is 39.9 Å². The molecule has 2 aromatic heterocycles. The highest BCUT2D eigenvalue weighted by molar-refractivity contribution is 5.69. The molecule has 0 fully saturated rings. The van der Waals surface area contributed by atoms with Crippen LogP contribution in [-0.4, -0.2) is 19.1 Å². The first-order valence-electron chi connectivity index (χ1n) is 7.17. The van der Waals surface area contributed by atoms with Crippen molar-refractivity contribution in [1.29, 1.82) is 5.26 Å². The van der Waals surface area contributed by atoms with Crippen LogP contribution in [0.4, 0.5) is 0 Å². The summed E-state index contributed by atoms with van der Waals surface area (Å²) in [5, 5.41) is 8.59. The van der Waals surface area contributed by atoms with Gasteiger partial charge in [-0.3, -0.25) is 13.9 Å². The Morgan fingerprint density at radius 3 is 2.67 bits per heavy atom. The van der Waals surface area contributed by atoms with Gasteiger partial charge in [-0.05, 0) is 19.8 Å². The first-order chi connectivity index (χ1) is 10.1. The molecule has 2 heterocycles. The molecule has 2 rings (SSSR count). The Morgan fingerprint density at radius 1 is 1.29 bits per heavy atom. The quantitative estimate of drug-likeness (QED) is 0.816. The Balaban J connectivity index is 0.00000242. The van der Waals surface area contributed by atoms with E-state index in [2.05, 4.69) is 9.97 Å². The van der Waals surface area contributed by atoms with E-state index in [9.17, 15) is 9.59 Å². The Kier molecular flexibility index (Phi) is 4.58. The van der Waals surface area contributed by atoms with Crippen molar-refractivity contribution < 1.29 is 1.43 Å². The van der Waals surface area contributed by atoms with Crippen LogP contribution in [-0.2, 0) is 13.1 Å². The van der Waals surface area contributed by atoms with Gasteiger partial charge in [0.15, 0.2) is 5.65 Å². The zero-order chi connectivity index (χ0) is 15.4. The van der Waals surface area contributed by atoms with Crippen LogP contribution in [0.5, 0.6) is 0 Å². The number of nitriles is 1. The summed E-state index contributed by atoms with van der Waals surface area (Å²) in [7, 11) is 0. The van der Waals surface area contributed by atoms with Gasteiger partial charge >= 0.3 is 5.69 Å². The van der Waals surface area contributed by atoms with Crippen LogP contribution < -0.4 is 11.2 Å². The van der Waals surface area contributed by atoms with Gasteiger partial charge in [-0.2, -0.15) is 5.26 Å². The van der Waals surface area contributed by atoms with Gasteiger partial charge in [-0.25, -0.2) is 9.78 Å². The number of unbranched alkanes of at least 4 members (excludes halogenated alkanes) is 2. The first-order valence-corrected chi connectivity index (χ1v) is 7.17. The molecule has 2 aromatic rings. The van der Waals surface area contributed by atoms with Crippen molar-refractivity contribution in [3.63, 3.8) is 0 Å². The highest BCUT2D eigenvalue weighted by atomic mass is 16.2. The predicted octanol–water partition coefficient (Wildman–Crippen LogP) is 1.54. The molecule has 21 heavy (non-hydrogen) atoms. The number of nitrogens with zero attached hydrogens (tertiary/aromatic N) is 4. The maximum atomic E-state index is 12.5. The smallest absolute Gasteiger partial charge is 0.332 e. The van der Waals surface area contributed by atoms with Crippen LogP contribution >= 0.6 is 0 Å². The number of H-pyrrole nitrogens is 1. The Hall–Kier alpha value is -2.36. The predicted molar refractivity (Wildman–Crippen MR) is 81.2 cm³/mol. The summed E-state index contributed by atoms with van der Waals surface area (Å²) in [5.41, 5.74) is 0.0827. The molecule has 7 nitrogen and oxygen atoms in total. The van der Waals surface area contributed by atoms with Crippen molar-refractivity contribution in [2.45, 2.75) is 52.6 Å². The maximum Gasteiger partial charge on any atom is 0.332 e. The molecule has 0 aliphatic heterocycles. The third-order valence-electron chi connectivity index (χ3n) is 3.39. The largest absolute Gasteiger partial charge is 0.336 e. The van der Waals surface area contributed by atoms with Gasteiger partial charge in [-0.15, -0.1) is 0 Å². The lowest BCUT2D eigenvalue weighted by atomic mass is 10.3. The van der Waals surface area contributed by atoms with E-state index >= 15 is 0 Å². The summed E-state index contributed by atoms with van der Waals surface area (Å²) in [6, 6.07) is 2.02. The summed E-state index contributed by atoms with van der Waals surface area (Å²) >= 11 is 0. The summed E-state index contributed by atoms with van der Waals surface area (Å²) in [4.78, 5) is 32.1. The second-order valence-corrected chi connectivity index (χ2v) is 5.03. The Labute approximate surface area is 123 Å². The highest BCUT2D eigenvalue weighted by Crippen LogP contribution is 2.06. The normalized spacial score (nSPS) is 10.9. The molecule has 0 spiro atoms. The van der Waals surface area contributed by atoms with Crippen molar-refractivity contribution in [2.24, 2.45) is 0 Å². The molecule has 0 saturated carbocycles. The zero-order valence-electron chi connectivity index (χ0n) is 12.3. The van der Waals surface area contributed by atoms with Crippen LogP contribution in [0.15, 0.2) is 9.59 Å². The molecule has 0 atom stereocenters. The number of hydrogen-bond acceptors (Lipinski definition) is 4. The fraction of sp³-hybridized carbons (Fsp3) is 0.571. The number of hydrogen-bond donors (Lipinski definition) is 1. The van der Waals surface area contributed by atoms with Gasteiger partial charge in [0.2, 0.25) is 0 Å². The molecule has 0 unspecified atom stereocenters.